The molecule has 3 aliphatic heterocycles. The second-order valence-corrected chi connectivity index (χ2v) is 10.4. The normalized spacial score (nSPS) is 19.9. The molecule has 0 saturated carbocycles. The Morgan fingerprint density at radius 1 is 1.08 bits per heavy atom. The van der Waals surface area contributed by atoms with Crippen molar-refractivity contribution in [1.29, 1.82) is 0 Å². The van der Waals surface area contributed by atoms with Gasteiger partial charge < -0.3 is 14.8 Å². The minimum atomic E-state index is -0.675. The summed E-state index contributed by atoms with van der Waals surface area (Å²) >= 11 is 1.22. The molecule has 8 nitrogen and oxygen atoms in total. The SMILES string of the molecule is Cc1ccc(C2=NN(C3=NC(=O)C(CC(=O)Nc4ccc5c(c4)OCO5)S3)C(c3ccc(F)cc3)C2)cc1. The van der Waals surface area contributed by atoms with E-state index in [1.165, 1.54) is 23.9 Å². The monoisotopic (exact) mass is 530 g/mol. The number of nitrogens with zero attached hydrogens (tertiary/aromatic N) is 3. The van der Waals surface area contributed by atoms with Crippen LogP contribution >= 0.6 is 11.8 Å². The molecule has 3 aromatic rings. The van der Waals surface area contributed by atoms with E-state index in [0.29, 0.717) is 28.8 Å². The molecule has 1 N–H and O–H groups in total. The lowest BCUT2D eigenvalue weighted by atomic mass is 9.98. The summed E-state index contributed by atoms with van der Waals surface area (Å²) in [7, 11) is 0. The predicted molar refractivity (Wildman–Crippen MR) is 143 cm³/mol. The number of aliphatic imine (C=N–C) groups is 1. The van der Waals surface area contributed by atoms with Gasteiger partial charge in [0.1, 0.15) is 11.1 Å². The number of anilines is 1. The van der Waals surface area contributed by atoms with Crippen LogP contribution < -0.4 is 14.8 Å². The van der Waals surface area contributed by atoms with Gasteiger partial charge in [-0.15, -0.1) is 0 Å². The fourth-order valence-corrected chi connectivity index (χ4v) is 5.57. The van der Waals surface area contributed by atoms with E-state index < -0.39 is 5.25 Å². The molecule has 2 amide bonds. The van der Waals surface area contributed by atoms with Crippen molar-refractivity contribution in [1.82, 2.24) is 5.01 Å². The van der Waals surface area contributed by atoms with Gasteiger partial charge in [0.15, 0.2) is 16.7 Å². The van der Waals surface area contributed by atoms with Gasteiger partial charge in [-0.2, -0.15) is 10.1 Å². The Kier molecular flexibility index (Phi) is 6.32. The van der Waals surface area contributed by atoms with E-state index in [0.717, 1.165) is 22.4 Å². The number of amidine groups is 1. The van der Waals surface area contributed by atoms with E-state index in [9.17, 15) is 14.0 Å². The topological polar surface area (TPSA) is 92.6 Å². The molecule has 2 unspecified atom stereocenters. The molecule has 38 heavy (non-hydrogen) atoms. The zero-order chi connectivity index (χ0) is 26.2. The Hall–Kier alpha value is -4.18. The molecule has 0 fully saturated rings. The van der Waals surface area contributed by atoms with E-state index >= 15 is 0 Å². The Labute approximate surface area is 222 Å². The van der Waals surface area contributed by atoms with Gasteiger partial charge >= 0.3 is 0 Å². The maximum Gasteiger partial charge on any atom is 0.262 e. The Morgan fingerprint density at radius 3 is 2.63 bits per heavy atom. The minimum Gasteiger partial charge on any atom is -0.454 e. The fourth-order valence-electron chi connectivity index (χ4n) is 4.51. The van der Waals surface area contributed by atoms with Crippen molar-refractivity contribution < 1.29 is 23.5 Å². The summed E-state index contributed by atoms with van der Waals surface area (Å²) < 4.78 is 24.3. The first-order valence-corrected chi connectivity index (χ1v) is 13.0. The Balaban J connectivity index is 1.19. The van der Waals surface area contributed by atoms with Crippen LogP contribution in [0.1, 0.15) is 35.6 Å². The van der Waals surface area contributed by atoms with Crippen molar-refractivity contribution in [2.24, 2.45) is 10.1 Å². The van der Waals surface area contributed by atoms with Crippen LogP contribution in [0.3, 0.4) is 0 Å². The molecular formula is C28H23FN4O4S. The Bertz CT molecular complexity index is 1470. The van der Waals surface area contributed by atoms with Gasteiger partial charge in [-0.05, 0) is 42.3 Å². The minimum absolute atomic E-state index is 0.0471. The maximum absolute atomic E-state index is 13.6. The summed E-state index contributed by atoms with van der Waals surface area (Å²) in [6.07, 6.45) is 0.520. The van der Waals surface area contributed by atoms with Gasteiger partial charge in [0.25, 0.3) is 5.91 Å². The van der Waals surface area contributed by atoms with E-state index in [1.54, 1.807) is 35.3 Å². The second kappa shape index (κ2) is 9.94. The number of benzene rings is 3. The first-order valence-electron chi connectivity index (χ1n) is 12.1. The summed E-state index contributed by atoms with van der Waals surface area (Å²) in [5, 5.41) is 9.11. The van der Waals surface area contributed by atoms with E-state index in [2.05, 4.69) is 10.3 Å². The van der Waals surface area contributed by atoms with Gasteiger partial charge in [0.2, 0.25) is 12.7 Å². The lowest BCUT2D eigenvalue weighted by Crippen LogP contribution is -2.25. The van der Waals surface area contributed by atoms with Gasteiger partial charge in [-0.3, -0.25) is 9.59 Å². The smallest absolute Gasteiger partial charge is 0.262 e. The third kappa shape index (κ3) is 4.87. The number of fused-ring (bicyclic) bond motifs is 1. The van der Waals surface area contributed by atoms with Crippen LogP contribution in [-0.4, -0.2) is 39.7 Å². The molecule has 0 spiro atoms. The predicted octanol–water partition coefficient (Wildman–Crippen LogP) is 5.04. The number of hydrazone groups is 1. The van der Waals surface area contributed by atoms with Crippen molar-refractivity contribution >= 4 is 40.1 Å². The molecule has 0 saturated heterocycles. The van der Waals surface area contributed by atoms with Crippen molar-refractivity contribution in [3.63, 3.8) is 0 Å². The number of rotatable bonds is 5. The fraction of sp³-hybridized carbons (Fsp3) is 0.214. The number of carbonyl (C=O) groups excluding carboxylic acids is 2. The van der Waals surface area contributed by atoms with Gasteiger partial charge in [-0.1, -0.05) is 53.7 Å². The average Bonchev–Trinajstić information content (AvgIpc) is 3.63. The number of thioether (sulfide) groups is 1. The van der Waals surface area contributed by atoms with Crippen LogP contribution in [0.15, 0.2) is 76.8 Å². The summed E-state index contributed by atoms with van der Waals surface area (Å²) in [5.74, 6) is 0.153. The number of aryl methyl sites for hydroxylation is 1. The van der Waals surface area contributed by atoms with Crippen LogP contribution in [0.4, 0.5) is 10.1 Å². The molecule has 3 heterocycles. The summed E-state index contributed by atoms with van der Waals surface area (Å²) in [6, 6.07) is 19.2. The number of nitrogens with one attached hydrogen (secondary N) is 1. The molecule has 0 radical (unpaired) electrons. The molecule has 10 heteroatoms. The molecule has 0 aliphatic carbocycles. The number of halogens is 1. The van der Waals surface area contributed by atoms with Gasteiger partial charge in [-0.25, -0.2) is 9.40 Å². The van der Waals surface area contributed by atoms with Crippen molar-refractivity contribution in [3.8, 4) is 11.5 Å². The molecule has 3 aromatic carbocycles. The summed E-state index contributed by atoms with van der Waals surface area (Å²) in [4.78, 5) is 29.8. The third-order valence-corrected chi connectivity index (χ3v) is 7.64. The molecule has 3 aliphatic rings. The van der Waals surface area contributed by atoms with Gasteiger partial charge in [0.05, 0.1) is 11.8 Å². The number of hydrogen-bond donors (Lipinski definition) is 1. The second-order valence-electron chi connectivity index (χ2n) is 9.19. The first kappa shape index (κ1) is 24.2. The lowest BCUT2D eigenvalue weighted by Gasteiger charge is -2.23. The highest BCUT2D eigenvalue weighted by atomic mass is 32.2. The number of amides is 2. The third-order valence-electron chi connectivity index (χ3n) is 6.50. The van der Waals surface area contributed by atoms with Crippen LogP contribution in [-0.2, 0) is 9.59 Å². The highest BCUT2D eigenvalue weighted by Crippen LogP contribution is 2.39. The van der Waals surface area contributed by atoms with E-state index in [-0.39, 0.29) is 36.9 Å². The van der Waals surface area contributed by atoms with Crippen LogP contribution in [0, 0.1) is 12.7 Å². The molecule has 2 atom stereocenters. The van der Waals surface area contributed by atoms with Crippen molar-refractivity contribution in [3.05, 3.63) is 89.2 Å². The highest BCUT2D eigenvalue weighted by Gasteiger charge is 2.39. The zero-order valence-electron chi connectivity index (χ0n) is 20.4. The summed E-state index contributed by atoms with van der Waals surface area (Å²) in [6.45, 7) is 2.16. The number of carbonyl (C=O) groups is 2. The number of ether oxygens (including phenoxy) is 2. The summed E-state index contributed by atoms with van der Waals surface area (Å²) in [5.41, 5.74) is 4.37. The van der Waals surface area contributed by atoms with E-state index in [4.69, 9.17) is 14.6 Å². The van der Waals surface area contributed by atoms with Crippen LogP contribution in [0.25, 0.3) is 0 Å². The molecule has 6 rings (SSSR count). The first-order chi connectivity index (χ1) is 18.4. The highest BCUT2D eigenvalue weighted by molar-refractivity contribution is 8.15. The largest absolute Gasteiger partial charge is 0.454 e. The molecule has 0 aromatic heterocycles. The van der Waals surface area contributed by atoms with Crippen molar-refractivity contribution in [2.45, 2.75) is 31.1 Å². The van der Waals surface area contributed by atoms with Crippen LogP contribution in [0.5, 0.6) is 11.5 Å². The lowest BCUT2D eigenvalue weighted by molar-refractivity contribution is -0.121. The standard InChI is InChI=1S/C28H23FN4O4S/c1-16-2-4-17(5-3-16)21-13-22(18-6-8-19(29)9-7-18)33(32-21)28-31-27(35)25(38-28)14-26(34)30-20-10-11-23-24(12-20)37-15-36-23/h2-12,22,25H,13-15H2,1H3,(H,30,34). The maximum atomic E-state index is 13.6. The number of hydrogen-bond acceptors (Lipinski definition) is 7. The molecular weight excluding hydrogens is 507 g/mol. The van der Waals surface area contributed by atoms with Gasteiger partial charge in [0, 0.05) is 24.6 Å². The zero-order valence-corrected chi connectivity index (χ0v) is 21.2. The molecule has 0 bridgehead atoms. The molecule has 192 valence electrons. The Morgan fingerprint density at radius 2 is 1.84 bits per heavy atom. The van der Waals surface area contributed by atoms with E-state index in [1.807, 2.05) is 31.2 Å². The van der Waals surface area contributed by atoms with Crippen molar-refractivity contribution in [2.75, 3.05) is 12.1 Å². The quantitative estimate of drug-likeness (QED) is 0.497. The average molecular weight is 531 g/mol. The van der Waals surface area contributed by atoms with Crippen LogP contribution in [0.2, 0.25) is 0 Å².